The normalized spacial score (nSPS) is 20.0. The van der Waals surface area contributed by atoms with Crippen molar-refractivity contribution in [3.05, 3.63) is 40.6 Å². The Morgan fingerprint density at radius 1 is 1.27 bits per heavy atom. The fourth-order valence-electron chi connectivity index (χ4n) is 3.08. The van der Waals surface area contributed by atoms with Crippen LogP contribution >= 0.6 is 0 Å². The van der Waals surface area contributed by atoms with Crippen LogP contribution in [0.2, 0.25) is 0 Å². The fraction of sp³-hybridized carbons (Fsp3) is 0.389. The van der Waals surface area contributed by atoms with Crippen molar-refractivity contribution in [1.82, 2.24) is 10.3 Å². The maximum Gasteiger partial charge on any atom is 0.387 e. The van der Waals surface area contributed by atoms with E-state index in [0.29, 0.717) is 5.39 Å². The van der Waals surface area contributed by atoms with E-state index in [0.717, 1.165) is 37.8 Å². The molecule has 0 radical (unpaired) electrons. The SMILES string of the molecule is C#[N+]C1CCC(NC(=O)c2cnc3cc(OC(F)F)c(F)cc3c2)CC1. The quantitative estimate of drug-likeness (QED) is 0.893. The number of hydrogen-bond donors (Lipinski definition) is 1. The van der Waals surface area contributed by atoms with Crippen LogP contribution in [0.5, 0.6) is 5.75 Å². The minimum Gasteiger partial charge on any atom is -0.432 e. The predicted molar refractivity (Wildman–Crippen MR) is 90.1 cm³/mol. The number of alkyl halides is 2. The van der Waals surface area contributed by atoms with E-state index in [9.17, 15) is 18.0 Å². The van der Waals surface area contributed by atoms with E-state index < -0.39 is 18.2 Å². The van der Waals surface area contributed by atoms with Gasteiger partial charge in [-0.1, -0.05) is 4.85 Å². The number of ether oxygens (including phenoxy) is 1. The maximum absolute atomic E-state index is 13.8. The largest absolute Gasteiger partial charge is 0.432 e. The molecule has 1 fully saturated rings. The molecule has 1 heterocycles. The third-order valence-electron chi connectivity index (χ3n) is 4.46. The average Bonchev–Trinajstić information content (AvgIpc) is 2.62. The van der Waals surface area contributed by atoms with E-state index in [4.69, 9.17) is 6.57 Å². The van der Waals surface area contributed by atoms with Gasteiger partial charge in [0.05, 0.1) is 11.1 Å². The summed E-state index contributed by atoms with van der Waals surface area (Å²) >= 11 is 0. The first-order chi connectivity index (χ1) is 12.5. The van der Waals surface area contributed by atoms with Crippen LogP contribution in [0.25, 0.3) is 15.7 Å². The molecule has 0 bridgehead atoms. The second-order valence-corrected chi connectivity index (χ2v) is 6.21. The third-order valence-corrected chi connectivity index (χ3v) is 4.46. The van der Waals surface area contributed by atoms with Gasteiger partial charge >= 0.3 is 6.61 Å². The number of aromatic nitrogens is 1. The van der Waals surface area contributed by atoms with E-state index >= 15 is 0 Å². The second-order valence-electron chi connectivity index (χ2n) is 6.21. The highest BCUT2D eigenvalue weighted by atomic mass is 19.3. The molecule has 1 aliphatic rings. The first kappa shape index (κ1) is 18.0. The summed E-state index contributed by atoms with van der Waals surface area (Å²) in [5, 5.41) is 3.24. The number of pyridine rings is 1. The van der Waals surface area contributed by atoms with Gasteiger partial charge in [0.25, 0.3) is 18.5 Å². The Hall–Kier alpha value is -2.82. The molecule has 3 rings (SSSR count). The van der Waals surface area contributed by atoms with Crippen molar-refractivity contribution in [3.63, 3.8) is 0 Å². The maximum atomic E-state index is 13.8. The molecule has 5 nitrogen and oxygen atoms in total. The Morgan fingerprint density at radius 2 is 2.00 bits per heavy atom. The van der Waals surface area contributed by atoms with Gasteiger partial charge in [-0.15, -0.1) is 0 Å². The summed E-state index contributed by atoms with van der Waals surface area (Å²) in [5.74, 6) is -1.85. The average molecular weight is 364 g/mol. The Kier molecular flexibility index (Phi) is 5.26. The molecule has 8 heteroatoms. The molecule has 0 unspecified atom stereocenters. The number of amides is 1. The van der Waals surface area contributed by atoms with Gasteiger partial charge in [0, 0.05) is 36.5 Å². The minimum absolute atomic E-state index is 0.0229. The Labute approximate surface area is 148 Å². The van der Waals surface area contributed by atoms with Crippen LogP contribution in [0.1, 0.15) is 36.0 Å². The number of fused-ring (bicyclic) bond motifs is 1. The van der Waals surface area contributed by atoms with Crippen LogP contribution < -0.4 is 10.1 Å². The highest BCUT2D eigenvalue weighted by Crippen LogP contribution is 2.26. The molecular formula is C18H17F3N3O2+. The van der Waals surface area contributed by atoms with Gasteiger partial charge in [-0.05, 0) is 25.0 Å². The van der Waals surface area contributed by atoms with Crippen LogP contribution in [-0.4, -0.2) is 29.6 Å². The van der Waals surface area contributed by atoms with Gasteiger partial charge in [-0.25, -0.2) is 4.39 Å². The van der Waals surface area contributed by atoms with Crippen molar-refractivity contribution in [2.75, 3.05) is 0 Å². The highest BCUT2D eigenvalue weighted by Gasteiger charge is 2.27. The van der Waals surface area contributed by atoms with Gasteiger partial charge in [0.15, 0.2) is 11.6 Å². The molecule has 0 spiro atoms. The topological polar surface area (TPSA) is 55.6 Å². The summed E-state index contributed by atoms with van der Waals surface area (Å²) in [6.45, 7) is 2.16. The summed E-state index contributed by atoms with van der Waals surface area (Å²) in [4.78, 5) is 20.2. The molecule has 1 saturated carbocycles. The molecule has 0 saturated heterocycles. The minimum atomic E-state index is -3.13. The predicted octanol–water partition coefficient (Wildman–Crippen LogP) is 3.98. The van der Waals surface area contributed by atoms with Gasteiger partial charge < -0.3 is 10.1 Å². The van der Waals surface area contributed by atoms with Gasteiger partial charge in [-0.2, -0.15) is 8.78 Å². The number of nitrogens with zero attached hydrogens (tertiary/aromatic N) is 2. The van der Waals surface area contributed by atoms with Crippen molar-refractivity contribution in [2.24, 2.45) is 0 Å². The smallest absolute Gasteiger partial charge is 0.387 e. The summed E-state index contributed by atoms with van der Waals surface area (Å²) in [6.07, 6.45) is 4.51. The van der Waals surface area contributed by atoms with E-state index in [1.807, 2.05) is 0 Å². The van der Waals surface area contributed by atoms with Crippen molar-refractivity contribution >= 4 is 16.8 Å². The molecule has 1 aromatic heterocycles. The summed E-state index contributed by atoms with van der Waals surface area (Å²) in [6, 6.07) is 3.72. The van der Waals surface area contributed by atoms with Crippen LogP contribution in [0, 0.1) is 12.4 Å². The molecule has 1 aromatic carbocycles. The first-order valence-corrected chi connectivity index (χ1v) is 8.21. The lowest BCUT2D eigenvalue weighted by Gasteiger charge is -2.22. The molecule has 136 valence electrons. The van der Waals surface area contributed by atoms with Gasteiger partial charge in [-0.3, -0.25) is 9.78 Å². The number of rotatable bonds is 4. The lowest BCUT2D eigenvalue weighted by atomic mass is 9.91. The molecular weight excluding hydrogens is 347 g/mol. The van der Waals surface area contributed by atoms with Crippen molar-refractivity contribution in [2.45, 2.75) is 44.4 Å². The zero-order valence-electron chi connectivity index (χ0n) is 13.8. The van der Waals surface area contributed by atoms with E-state index in [-0.39, 0.29) is 29.1 Å². The van der Waals surface area contributed by atoms with Gasteiger partial charge in [0.2, 0.25) is 0 Å². The van der Waals surface area contributed by atoms with Crippen LogP contribution in [0.4, 0.5) is 13.2 Å². The lowest BCUT2D eigenvalue weighted by molar-refractivity contribution is -0.0520. The summed E-state index contributed by atoms with van der Waals surface area (Å²) in [5.41, 5.74) is 0.522. The summed E-state index contributed by atoms with van der Waals surface area (Å²) < 4.78 is 42.5. The molecule has 1 N–H and O–H groups in total. The molecule has 0 aliphatic heterocycles. The molecule has 2 aromatic rings. The molecule has 0 atom stereocenters. The second kappa shape index (κ2) is 7.60. The van der Waals surface area contributed by atoms with Crippen LogP contribution in [0.15, 0.2) is 24.4 Å². The number of benzene rings is 1. The van der Waals surface area contributed by atoms with Crippen molar-refractivity contribution < 1.29 is 22.7 Å². The zero-order valence-corrected chi connectivity index (χ0v) is 13.8. The fourth-order valence-corrected chi connectivity index (χ4v) is 3.08. The van der Waals surface area contributed by atoms with Gasteiger partial charge in [0.1, 0.15) is 0 Å². The van der Waals surface area contributed by atoms with Crippen molar-refractivity contribution in [1.29, 1.82) is 0 Å². The summed E-state index contributed by atoms with van der Waals surface area (Å²) in [7, 11) is 0. The van der Waals surface area contributed by atoms with Crippen molar-refractivity contribution in [3.8, 4) is 12.3 Å². The van der Waals surface area contributed by atoms with Crippen LogP contribution in [0.3, 0.4) is 0 Å². The van der Waals surface area contributed by atoms with E-state index in [2.05, 4.69) is 19.9 Å². The number of nitrogens with one attached hydrogen (secondary N) is 1. The van der Waals surface area contributed by atoms with E-state index in [1.165, 1.54) is 12.3 Å². The lowest BCUT2D eigenvalue weighted by Crippen LogP contribution is -2.38. The Morgan fingerprint density at radius 3 is 2.65 bits per heavy atom. The molecule has 26 heavy (non-hydrogen) atoms. The molecule has 1 aliphatic carbocycles. The Bertz CT molecular complexity index is 859. The first-order valence-electron chi connectivity index (χ1n) is 8.21. The number of carbonyl (C=O) groups is 1. The number of hydrogen-bond acceptors (Lipinski definition) is 3. The van der Waals surface area contributed by atoms with E-state index in [1.54, 1.807) is 0 Å². The third kappa shape index (κ3) is 4.04. The Balaban J connectivity index is 1.74. The monoisotopic (exact) mass is 364 g/mol. The molecule has 1 amide bonds. The number of carbonyl (C=O) groups excluding carboxylic acids is 1. The number of halogens is 3. The highest BCUT2D eigenvalue weighted by molar-refractivity contribution is 5.97. The standard InChI is InChI=1S/C18H16F3N3O2/c1-22-12-2-4-13(5-3-12)24-17(25)11-6-10-7-14(19)16(26-18(20)21)8-15(10)23-9-11/h1,6-9,12-13,18H,2-5H2/p+1. The van der Waals surface area contributed by atoms with Crippen LogP contribution in [-0.2, 0) is 0 Å². The zero-order chi connectivity index (χ0) is 18.7.